The third-order valence-electron chi connectivity index (χ3n) is 3.68. The summed E-state index contributed by atoms with van der Waals surface area (Å²) in [5.74, 6) is 0. The van der Waals surface area contributed by atoms with Gasteiger partial charge in [-0.2, -0.15) is 13.2 Å². The van der Waals surface area contributed by atoms with Crippen LogP contribution in [0.1, 0.15) is 36.8 Å². The highest BCUT2D eigenvalue weighted by Crippen LogP contribution is 2.36. The Balaban J connectivity index is 2.48. The number of nitrogens with two attached hydrogens (primary N) is 1. The Hall–Kier alpha value is -1.08. The van der Waals surface area contributed by atoms with E-state index in [4.69, 9.17) is 5.73 Å². The van der Waals surface area contributed by atoms with Crippen molar-refractivity contribution in [3.8, 4) is 0 Å². The Kier molecular flexibility index (Phi) is 4.11. The van der Waals surface area contributed by atoms with Gasteiger partial charge in [0.1, 0.15) is 0 Å². The Bertz CT molecular complexity index is 590. The second kappa shape index (κ2) is 5.37. The van der Waals surface area contributed by atoms with Crippen LogP contribution in [0, 0.1) is 0 Å². The quantitative estimate of drug-likeness (QED) is 0.934. The molecule has 20 heavy (non-hydrogen) atoms. The first kappa shape index (κ1) is 15.3. The van der Waals surface area contributed by atoms with Crippen molar-refractivity contribution in [2.24, 2.45) is 5.73 Å². The van der Waals surface area contributed by atoms with E-state index in [9.17, 15) is 21.6 Å². The molecule has 2 rings (SSSR count). The molecule has 0 aliphatic heterocycles. The van der Waals surface area contributed by atoms with Gasteiger partial charge >= 0.3 is 6.18 Å². The fourth-order valence-electron chi connectivity index (χ4n) is 2.57. The standard InChI is InChI=1S/C13H16F3NO2S/c14-13(15,16)12-7-11(6-5-9(12)8-17)20(18,19)10-3-1-2-4-10/h5-7,10H,1-4,8,17H2. The minimum absolute atomic E-state index is 0.0946. The zero-order chi connectivity index (χ0) is 15.0. The van der Waals surface area contributed by atoms with Crippen molar-refractivity contribution in [3.63, 3.8) is 0 Å². The maximum atomic E-state index is 12.9. The van der Waals surface area contributed by atoms with Crippen molar-refractivity contribution >= 4 is 9.84 Å². The van der Waals surface area contributed by atoms with Gasteiger partial charge in [-0.3, -0.25) is 0 Å². The van der Waals surface area contributed by atoms with Crippen LogP contribution < -0.4 is 5.73 Å². The maximum Gasteiger partial charge on any atom is 0.416 e. The molecule has 0 aromatic heterocycles. The summed E-state index contributed by atoms with van der Waals surface area (Å²) < 4.78 is 63.4. The van der Waals surface area contributed by atoms with Gasteiger partial charge in [0.25, 0.3) is 0 Å². The number of sulfone groups is 1. The van der Waals surface area contributed by atoms with Crippen LogP contribution in [0.3, 0.4) is 0 Å². The van der Waals surface area contributed by atoms with Gasteiger partial charge in [-0.1, -0.05) is 18.9 Å². The van der Waals surface area contributed by atoms with Crippen LogP contribution in [0.25, 0.3) is 0 Å². The average Bonchev–Trinajstić information content (AvgIpc) is 2.91. The lowest BCUT2D eigenvalue weighted by Crippen LogP contribution is -2.20. The highest BCUT2D eigenvalue weighted by atomic mass is 32.2. The molecule has 0 heterocycles. The van der Waals surface area contributed by atoms with Crippen molar-refractivity contribution in [1.82, 2.24) is 0 Å². The lowest BCUT2D eigenvalue weighted by Gasteiger charge is -2.16. The number of halogens is 3. The second-order valence-corrected chi connectivity index (χ2v) is 7.20. The summed E-state index contributed by atoms with van der Waals surface area (Å²) in [6.07, 6.45) is -1.96. The molecular formula is C13H16F3NO2S. The molecule has 3 nitrogen and oxygen atoms in total. The summed E-state index contributed by atoms with van der Waals surface area (Å²) in [6, 6.07) is 3.10. The molecule has 0 atom stereocenters. The van der Waals surface area contributed by atoms with Crippen LogP contribution in [0.2, 0.25) is 0 Å². The number of hydrogen-bond acceptors (Lipinski definition) is 3. The minimum atomic E-state index is -4.60. The van der Waals surface area contributed by atoms with E-state index in [1.165, 1.54) is 6.07 Å². The largest absolute Gasteiger partial charge is 0.416 e. The van der Waals surface area contributed by atoms with Gasteiger partial charge in [0.05, 0.1) is 15.7 Å². The first-order chi connectivity index (χ1) is 9.26. The zero-order valence-corrected chi connectivity index (χ0v) is 11.6. The second-order valence-electron chi connectivity index (χ2n) is 4.97. The van der Waals surface area contributed by atoms with Gasteiger partial charge in [-0.25, -0.2) is 8.42 Å². The molecule has 1 aromatic carbocycles. The van der Waals surface area contributed by atoms with Crippen molar-refractivity contribution < 1.29 is 21.6 Å². The van der Waals surface area contributed by atoms with Crippen LogP contribution in [0.15, 0.2) is 23.1 Å². The summed E-state index contributed by atoms with van der Waals surface area (Å²) >= 11 is 0. The lowest BCUT2D eigenvalue weighted by molar-refractivity contribution is -0.138. The van der Waals surface area contributed by atoms with E-state index in [0.29, 0.717) is 12.8 Å². The van der Waals surface area contributed by atoms with E-state index in [2.05, 4.69) is 0 Å². The van der Waals surface area contributed by atoms with Gasteiger partial charge in [0.2, 0.25) is 0 Å². The molecule has 1 aliphatic rings. The molecule has 0 bridgehead atoms. The monoisotopic (exact) mass is 307 g/mol. The molecular weight excluding hydrogens is 291 g/mol. The molecule has 1 aliphatic carbocycles. The SMILES string of the molecule is NCc1ccc(S(=O)(=O)C2CCCC2)cc1C(F)(F)F. The normalized spacial score (nSPS) is 17.6. The fourth-order valence-corrected chi connectivity index (χ4v) is 4.44. The zero-order valence-electron chi connectivity index (χ0n) is 10.8. The van der Waals surface area contributed by atoms with Gasteiger partial charge in [-0.15, -0.1) is 0 Å². The average molecular weight is 307 g/mol. The van der Waals surface area contributed by atoms with Crippen LogP contribution in [-0.4, -0.2) is 13.7 Å². The van der Waals surface area contributed by atoms with Gasteiger partial charge in [-0.05, 0) is 30.5 Å². The fraction of sp³-hybridized carbons (Fsp3) is 0.538. The summed E-state index contributed by atoms with van der Waals surface area (Å²) in [6.45, 7) is -0.279. The Morgan fingerprint density at radius 3 is 2.30 bits per heavy atom. The molecule has 1 saturated carbocycles. The van der Waals surface area contributed by atoms with E-state index in [1.807, 2.05) is 0 Å². The summed E-state index contributed by atoms with van der Waals surface area (Å²) in [7, 11) is -3.69. The minimum Gasteiger partial charge on any atom is -0.326 e. The van der Waals surface area contributed by atoms with E-state index in [1.54, 1.807) is 0 Å². The van der Waals surface area contributed by atoms with E-state index in [-0.39, 0.29) is 17.0 Å². The third-order valence-corrected chi connectivity index (χ3v) is 5.94. The molecule has 0 radical (unpaired) electrons. The van der Waals surface area contributed by atoms with Crippen molar-refractivity contribution in [1.29, 1.82) is 0 Å². The number of rotatable bonds is 3. The summed E-state index contributed by atoms with van der Waals surface area (Å²) in [4.78, 5) is -0.256. The predicted molar refractivity (Wildman–Crippen MR) is 68.8 cm³/mol. The van der Waals surface area contributed by atoms with Gasteiger partial charge < -0.3 is 5.73 Å². The van der Waals surface area contributed by atoms with Crippen LogP contribution in [0.4, 0.5) is 13.2 Å². The summed E-state index contributed by atoms with van der Waals surface area (Å²) in [5.41, 5.74) is 4.23. The van der Waals surface area contributed by atoms with E-state index in [0.717, 1.165) is 25.0 Å². The maximum absolute atomic E-state index is 12.9. The molecule has 112 valence electrons. The number of benzene rings is 1. The third kappa shape index (κ3) is 2.83. The predicted octanol–water partition coefficient (Wildman–Crippen LogP) is 2.88. The highest BCUT2D eigenvalue weighted by molar-refractivity contribution is 7.92. The van der Waals surface area contributed by atoms with Crippen LogP contribution in [-0.2, 0) is 22.6 Å². The summed E-state index contributed by atoms with van der Waals surface area (Å²) in [5, 5.41) is -0.563. The van der Waals surface area contributed by atoms with Crippen LogP contribution >= 0.6 is 0 Å². The van der Waals surface area contributed by atoms with Gasteiger partial charge in [0.15, 0.2) is 9.84 Å². The molecule has 0 amide bonds. The van der Waals surface area contributed by atoms with Crippen LogP contribution in [0.5, 0.6) is 0 Å². The first-order valence-electron chi connectivity index (χ1n) is 6.41. The smallest absolute Gasteiger partial charge is 0.326 e. The Labute approximate surface area is 115 Å². The molecule has 1 fully saturated rings. The first-order valence-corrected chi connectivity index (χ1v) is 7.95. The highest BCUT2D eigenvalue weighted by Gasteiger charge is 2.36. The molecule has 0 unspecified atom stereocenters. The van der Waals surface area contributed by atoms with E-state index >= 15 is 0 Å². The Morgan fingerprint density at radius 2 is 1.80 bits per heavy atom. The number of hydrogen-bond donors (Lipinski definition) is 1. The van der Waals surface area contributed by atoms with Gasteiger partial charge in [0, 0.05) is 6.54 Å². The molecule has 0 spiro atoms. The van der Waals surface area contributed by atoms with Crippen molar-refractivity contribution in [2.75, 3.05) is 0 Å². The van der Waals surface area contributed by atoms with E-state index < -0.39 is 26.8 Å². The molecule has 1 aromatic rings. The lowest BCUT2D eigenvalue weighted by atomic mass is 10.1. The molecule has 7 heteroatoms. The topological polar surface area (TPSA) is 60.2 Å². The van der Waals surface area contributed by atoms with Crippen molar-refractivity contribution in [2.45, 2.75) is 48.5 Å². The molecule has 2 N–H and O–H groups in total. The van der Waals surface area contributed by atoms with Crippen molar-refractivity contribution in [3.05, 3.63) is 29.3 Å². The number of alkyl halides is 3. The Morgan fingerprint density at radius 1 is 1.20 bits per heavy atom. The molecule has 0 saturated heterocycles.